The molecule has 5 nitrogen and oxygen atoms in total. The number of sulfonamides is 1. The van der Waals surface area contributed by atoms with Gasteiger partial charge in [0.25, 0.3) is 0 Å². The van der Waals surface area contributed by atoms with Gasteiger partial charge in [-0.05, 0) is 41.1 Å². The summed E-state index contributed by atoms with van der Waals surface area (Å²) in [5, 5.41) is 0.246. The van der Waals surface area contributed by atoms with Crippen LogP contribution in [0.1, 0.15) is 6.42 Å². The minimum Gasteiger partial charge on any atom is -0.360 e. The Balaban J connectivity index is 2.98. The zero-order chi connectivity index (χ0) is 18.4. The average molecular weight is 509 g/mol. The molecule has 0 fully saturated rings. The van der Waals surface area contributed by atoms with Crippen LogP contribution in [-0.2, 0) is 14.8 Å². The maximum absolute atomic E-state index is 12.5. The molecule has 24 heavy (non-hydrogen) atoms. The SMILES string of the molecule is C[Si](C)(C)CCOCN(c1nccc(I)c1Cl)S(=O)(=O)CCCF. The average Bonchev–Trinajstić information content (AvgIpc) is 2.47. The molecule has 10 heteroatoms. The van der Waals surface area contributed by atoms with Gasteiger partial charge in [-0.25, -0.2) is 17.7 Å². The summed E-state index contributed by atoms with van der Waals surface area (Å²) >= 11 is 8.22. The molecule has 0 saturated carbocycles. The molecule has 0 aliphatic carbocycles. The highest BCUT2D eigenvalue weighted by atomic mass is 127. The predicted molar refractivity (Wildman–Crippen MR) is 108 cm³/mol. The van der Waals surface area contributed by atoms with Gasteiger partial charge in [0.05, 0.1) is 17.5 Å². The molecular weight excluding hydrogens is 486 g/mol. The molecule has 0 aliphatic heterocycles. The first-order valence-corrected chi connectivity index (χ1v) is 14.3. The molecule has 0 radical (unpaired) electrons. The third-order valence-electron chi connectivity index (χ3n) is 3.14. The Kier molecular flexibility index (Phi) is 8.87. The van der Waals surface area contributed by atoms with E-state index >= 15 is 0 Å². The van der Waals surface area contributed by atoms with Gasteiger partial charge in [0.2, 0.25) is 10.0 Å². The Bertz CT molecular complexity index is 643. The number of hydrogen-bond acceptors (Lipinski definition) is 4. The van der Waals surface area contributed by atoms with Crippen molar-refractivity contribution in [2.75, 3.05) is 30.1 Å². The largest absolute Gasteiger partial charge is 0.360 e. The zero-order valence-corrected chi connectivity index (χ0v) is 18.8. The van der Waals surface area contributed by atoms with Crippen molar-refractivity contribution in [2.45, 2.75) is 32.1 Å². The first-order chi connectivity index (χ1) is 11.1. The van der Waals surface area contributed by atoms with Crippen molar-refractivity contribution >= 4 is 58.1 Å². The molecule has 0 amide bonds. The fourth-order valence-electron chi connectivity index (χ4n) is 1.73. The van der Waals surface area contributed by atoms with Crippen molar-refractivity contribution in [1.29, 1.82) is 0 Å². The lowest BCUT2D eigenvalue weighted by molar-refractivity contribution is 0.156. The number of alkyl halides is 1. The second kappa shape index (κ2) is 9.65. The molecule has 1 aromatic heterocycles. The molecule has 0 unspecified atom stereocenters. The summed E-state index contributed by atoms with van der Waals surface area (Å²) in [6.45, 7) is 6.23. The van der Waals surface area contributed by atoms with Gasteiger partial charge in [0, 0.05) is 24.4 Å². The number of rotatable bonds is 10. The van der Waals surface area contributed by atoms with Crippen LogP contribution in [0.25, 0.3) is 0 Å². The molecule has 1 rings (SSSR count). The van der Waals surface area contributed by atoms with E-state index < -0.39 is 24.8 Å². The van der Waals surface area contributed by atoms with Gasteiger partial charge in [0.1, 0.15) is 6.73 Å². The molecule has 0 N–H and O–H groups in total. The van der Waals surface area contributed by atoms with E-state index in [0.717, 1.165) is 10.3 Å². The Hall–Kier alpha value is 0.0269. The third-order valence-corrected chi connectivity index (χ3v) is 8.19. The van der Waals surface area contributed by atoms with E-state index in [0.29, 0.717) is 10.2 Å². The van der Waals surface area contributed by atoms with Crippen molar-refractivity contribution in [2.24, 2.45) is 0 Å². The van der Waals surface area contributed by atoms with Crippen molar-refractivity contribution in [3.05, 3.63) is 20.9 Å². The van der Waals surface area contributed by atoms with Crippen molar-refractivity contribution < 1.29 is 17.5 Å². The summed E-state index contributed by atoms with van der Waals surface area (Å²) in [5.74, 6) is -0.194. The zero-order valence-electron chi connectivity index (χ0n) is 14.1. The number of pyridine rings is 1. The molecule has 0 bridgehead atoms. The lowest BCUT2D eigenvalue weighted by atomic mass is 10.4. The minimum atomic E-state index is -3.76. The van der Waals surface area contributed by atoms with Crippen molar-refractivity contribution in [3.63, 3.8) is 0 Å². The minimum absolute atomic E-state index is 0.0741. The van der Waals surface area contributed by atoms with Gasteiger partial charge >= 0.3 is 0 Å². The van der Waals surface area contributed by atoms with Crippen molar-refractivity contribution in [3.8, 4) is 0 Å². The van der Waals surface area contributed by atoms with Gasteiger partial charge in [-0.2, -0.15) is 0 Å². The van der Waals surface area contributed by atoms with Crippen molar-refractivity contribution in [1.82, 2.24) is 4.98 Å². The second-order valence-corrected chi connectivity index (χ2v) is 15.7. The molecule has 138 valence electrons. The standard InChI is InChI=1S/C14H23ClFIN2O3SSi/c1-24(2,3)10-8-22-11-19(23(20,21)9-4-6-16)14-13(15)12(17)5-7-18-14/h5,7H,4,6,8-11H2,1-3H3. The summed E-state index contributed by atoms with van der Waals surface area (Å²) in [6, 6.07) is 2.60. The molecule has 0 aromatic carbocycles. The van der Waals surface area contributed by atoms with Crippen LogP contribution in [-0.4, -0.2) is 47.2 Å². The number of anilines is 1. The van der Waals surface area contributed by atoms with Gasteiger partial charge in [-0.15, -0.1) is 0 Å². The fraction of sp³-hybridized carbons (Fsp3) is 0.643. The van der Waals surface area contributed by atoms with Crippen LogP contribution in [0, 0.1) is 3.57 Å². The van der Waals surface area contributed by atoms with Gasteiger partial charge in [0.15, 0.2) is 5.82 Å². The number of aromatic nitrogens is 1. The highest BCUT2D eigenvalue weighted by molar-refractivity contribution is 14.1. The number of ether oxygens (including phenoxy) is 1. The maximum Gasteiger partial charge on any atom is 0.238 e. The lowest BCUT2D eigenvalue weighted by Crippen LogP contribution is -2.37. The maximum atomic E-state index is 12.5. The normalized spacial score (nSPS) is 12.4. The molecule has 0 spiro atoms. The van der Waals surface area contributed by atoms with Crippen LogP contribution >= 0.6 is 34.2 Å². The molecule has 0 aliphatic rings. The van der Waals surface area contributed by atoms with E-state index in [1.807, 2.05) is 22.6 Å². The van der Waals surface area contributed by atoms with Crippen LogP contribution in [0.4, 0.5) is 10.2 Å². The molecule has 0 saturated heterocycles. The summed E-state index contributed by atoms with van der Waals surface area (Å²) in [6.07, 6.45) is 1.41. The van der Waals surface area contributed by atoms with E-state index in [4.69, 9.17) is 16.3 Å². The highest BCUT2D eigenvalue weighted by Gasteiger charge is 2.26. The topological polar surface area (TPSA) is 59.5 Å². The van der Waals surface area contributed by atoms with E-state index in [2.05, 4.69) is 24.6 Å². The van der Waals surface area contributed by atoms with Crippen LogP contribution in [0.2, 0.25) is 30.7 Å². The van der Waals surface area contributed by atoms with E-state index in [-0.39, 0.29) is 29.7 Å². The Morgan fingerprint density at radius 2 is 2.08 bits per heavy atom. The number of hydrogen-bond donors (Lipinski definition) is 0. The first kappa shape index (κ1) is 22.1. The summed E-state index contributed by atoms with van der Waals surface area (Å²) in [5.41, 5.74) is 0. The molecule has 1 heterocycles. The number of nitrogens with zero attached hydrogens (tertiary/aromatic N) is 2. The highest BCUT2D eigenvalue weighted by Crippen LogP contribution is 2.30. The van der Waals surface area contributed by atoms with Crippen LogP contribution in [0.15, 0.2) is 12.3 Å². The van der Waals surface area contributed by atoms with Gasteiger partial charge in [-0.3, -0.25) is 4.39 Å². The van der Waals surface area contributed by atoms with E-state index in [1.165, 1.54) is 6.20 Å². The summed E-state index contributed by atoms with van der Waals surface area (Å²) in [4.78, 5) is 4.09. The Morgan fingerprint density at radius 3 is 2.67 bits per heavy atom. The fourth-order valence-corrected chi connectivity index (χ4v) is 4.48. The van der Waals surface area contributed by atoms with E-state index in [9.17, 15) is 12.8 Å². The lowest BCUT2D eigenvalue weighted by Gasteiger charge is -2.25. The summed E-state index contributed by atoms with van der Waals surface area (Å²) < 4.78 is 44.8. The Labute approximate surface area is 163 Å². The second-order valence-electron chi connectivity index (χ2n) is 6.49. The summed E-state index contributed by atoms with van der Waals surface area (Å²) in [7, 11) is -5.04. The monoisotopic (exact) mass is 508 g/mol. The molecule has 0 atom stereocenters. The molecule has 1 aromatic rings. The number of halogens is 3. The quantitative estimate of drug-likeness (QED) is 0.206. The van der Waals surface area contributed by atoms with E-state index in [1.54, 1.807) is 6.07 Å². The van der Waals surface area contributed by atoms with Crippen LogP contribution in [0.5, 0.6) is 0 Å². The first-order valence-electron chi connectivity index (χ1n) is 7.52. The molecular formula is C14H23ClFIN2O3SSi. The predicted octanol–water partition coefficient (Wildman–Crippen LogP) is 4.15. The van der Waals surface area contributed by atoms with Crippen LogP contribution < -0.4 is 4.31 Å². The Morgan fingerprint density at radius 1 is 1.42 bits per heavy atom. The third kappa shape index (κ3) is 7.10. The smallest absolute Gasteiger partial charge is 0.238 e. The van der Waals surface area contributed by atoms with Gasteiger partial charge < -0.3 is 4.74 Å². The van der Waals surface area contributed by atoms with Gasteiger partial charge in [-0.1, -0.05) is 31.2 Å². The van der Waals surface area contributed by atoms with Crippen LogP contribution in [0.3, 0.4) is 0 Å².